The molecule has 1 heterocycles. The molecule has 3 atom stereocenters. The van der Waals surface area contributed by atoms with E-state index in [1.165, 1.54) is 0 Å². The number of rotatable bonds is 4. The van der Waals surface area contributed by atoms with Crippen LogP contribution in [-0.2, 0) is 4.79 Å². The van der Waals surface area contributed by atoms with Crippen molar-refractivity contribution in [3.05, 3.63) is 34.9 Å². The molecule has 6 heteroatoms. The van der Waals surface area contributed by atoms with E-state index in [0.717, 1.165) is 5.56 Å². The molecular formula is C14H19ClN2O3. The van der Waals surface area contributed by atoms with Crippen molar-refractivity contribution in [1.29, 1.82) is 0 Å². The van der Waals surface area contributed by atoms with E-state index in [-0.39, 0.29) is 18.5 Å². The zero-order valence-electron chi connectivity index (χ0n) is 11.3. The first-order valence-corrected chi connectivity index (χ1v) is 6.97. The minimum absolute atomic E-state index is 0.154. The van der Waals surface area contributed by atoms with E-state index in [4.69, 9.17) is 11.6 Å². The number of amides is 1. The topological polar surface area (TPSA) is 72.8 Å². The molecule has 0 spiro atoms. The first-order chi connectivity index (χ1) is 9.47. The molecular weight excluding hydrogens is 280 g/mol. The van der Waals surface area contributed by atoms with Gasteiger partial charge in [-0.2, -0.15) is 0 Å². The van der Waals surface area contributed by atoms with Gasteiger partial charge in [0.15, 0.2) is 0 Å². The number of aliphatic hydroxyl groups is 2. The van der Waals surface area contributed by atoms with Gasteiger partial charge in [-0.05, 0) is 18.6 Å². The van der Waals surface area contributed by atoms with Crippen molar-refractivity contribution in [2.45, 2.75) is 25.2 Å². The van der Waals surface area contributed by atoms with Crippen LogP contribution in [0.3, 0.4) is 0 Å². The van der Waals surface area contributed by atoms with Gasteiger partial charge in [0.25, 0.3) is 0 Å². The normalized spacial score (nSPS) is 24.6. The maximum atomic E-state index is 11.9. The van der Waals surface area contributed by atoms with Crippen LogP contribution in [0.1, 0.15) is 18.5 Å². The molecule has 5 nitrogen and oxygen atoms in total. The van der Waals surface area contributed by atoms with Crippen molar-refractivity contribution in [3.63, 3.8) is 0 Å². The molecule has 1 amide bonds. The Hall–Kier alpha value is -1.14. The number of halogens is 1. The third-order valence-corrected chi connectivity index (χ3v) is 3.80. The maximum Gasteiger partial charge on any atom is 0.234 e. The van der Waals surface area contributed by atoms with Crippen LogP contribution in [0.15, 0.2) is 24.3 Å². The van der Waals surface area contributed by atoms with Crippen molar-refractivity contribution < 1.29 is 15.0 Å². The van der Waals surface area contributed by atoms with Crippen LogP contribution in [0.2, 0.25) is 5.02 Å². The lowest BCUT2D eigenvalue weighted by atomic mass is 10.1. The molecule has 110 valence electrons. The number of likely N-dealkylation sites (tertiary alicyclic amines) is 1. The standard InChI is InChI=1S/C14H19ClN2O3/c1-9(10-4-2-3-5-11(10)15)16-14(20)8-17-6-12(18)13(19)7-17/h2-5,9,12-13,18-19H,6-8H2,1H3,(H,16,20). The summed E-state index contributed by atoms with van der Waals surface area (Å²) >= 11 is 6.08. The lowest BCUT2D eigenvalue weighted by Crippen LogP contribution is -2.37. The van der Waals surface area contributed by atoms with E-state index in [1.807, 2.05) is 25.1 Å². The van der Waals surface area contributed by atoms with E-state index >= 15 is 0 Å². The molecule has 3 N–H and O–H groups in total. The number of aliphatic hydroxyl groups excluding tert-OH is 2. The Balaban J connectivity index is 1.87. The van der Waals surface area contributed by atoms with E-state index in [2.05, 4.69) is 5.32 Å². The molecule has 2 rings (SSSR count). The number of nitrogens with one attached hydrogen (secondary N) is 1. The summed E-state index contributed by atoms with van der Waals surface area (Å²) in [6, 6.07) is 7.18. The number of hydrogen-bond donors (Lipinski definition) is 3. The summed E-state index contributed by atoms with van der Waals surface area (Å²) in [5.74, 6) is -0.154. The summed E-state index contributed by atoms with van der Waals surface area (Å²) in [4.78, 5) is 13.7. The predicted octanol–water partition coefficient (Wildman–Crippen LogP) is 0.555. The van der Waals surface area contributed by atoms with Crippen LogP contribution < -0.4 is 5.32 Å². The van der Waals surface area contributed by atoms with Crippen LogP contribution in [0, 0.1) is 0 Å². The molecule has 0 bridgehead atoms. The second kappa shape index (κ2) is 6.54. The van der Waals surface area contributed by atoms with Crippen molar-refractivity contribution in [1.82, 2.24) is 10.2 Å². The Labute approximate surface area is 123 Å². The largest absolute Gasteiger partial charge is 0.389 e. The number of benzene rings is 1. The lowest BCUT2D eigenvalue weighted by Gasteiger charge is -2.19. The first-order valence-electron chi connectivity index (χ1n) is 6.59. The highest BCUT2D eigenvalue weighted by molar-refractivity contribution is 6.31. The zero-order chi connectivity index (χ0) is 14.7. The molecule has 1 fully saturated rings. The minimum Gasteiger partial charge on any atom is -0.389 e. The molecule has 1 aliphatic rings. The molecule has 0 radical (unpaired) electrons. The molecule has 1 saturated heterocycles. The third-order valence-electron chi connectivity index (χ3n) is 3.45. The third kappa shape index (κ3) is 3.70. The Morgan fingerprint density at radius 1 is 1.40 bits per heavy atom. The first kappa shape index (κ1) is 15.3. The fourth-order valence-corrected chi connectivity index (χ4v) is 2.67. The van der Waals surface area contributed by atoms with Gasteiger partial charge < -0.3 is 15.5 Å². The van der Waals surface area contributed by atoms with E-state index in [9.17, 15) is 15.0 Å². The average molecular weight is 299 g/mol. The number of nitrogens with zero attached hydrogens (tertiary/aromatic N) is 1. The van der Waals surface area contributed by atoms with Crippen LogP contribution in [0.25, 0.3) is 0 Å². The van der Waals surface area contributed by atoms with Gasteiger partial charge >= 0.3 is 0 Å². The van der Waals surface area contributed by atoms with Gasteiger partial charge in [0.1, 0.15) is 0 Å². The summed E-state index contributed by atoms with van der Waals surface area (Å²) in [6.07, 6.45) is -1.55. The highest BCUT2D eigenvalue weighted by atomic mass is 35.5. The highest BCUT2D eigenvalue weighted by Gasteiger charge is 2.30. The van der Waals surface area contributed by atoms with Gasteiger partial charge in [-0.15, -0.1) is 0 Å². The highest BCUT2D eigenvalue weighted by Crippen LogP contribution is 2.22. The molecule has 1 aromatic carbocycles. The SMILES string of the molecule is CC(NC(=O)CN1CC(O)C(O)C1)c1ccccc1Cl. The summed E-state index contributed by atoms with van der Waals surface area (Å²) in [5.41, 5.74) is 0.865. The predicted molar refractivity (Wildman–Crippen MR) is 76.5 cm³/mol. The Kier molecular flexibility index (Phi) is 4.99. The van der Waals surface area contributed by atoms with Crippen LogP contribution >= 0.6 is 11.6 Å². The summed E-state index contributed by atoms with van der Waals surface area (Å²) in [7, 11) is 0. The van der Waals surface area contributed by atoms with Gasteiger partial charge in [-0.3, -0.25) is 9.69 Å². The van der Waals surface area contributed by atoms with Crippen LogP contribution in [0.5, 0.6) is 0 Å². The number of hydrogen-bond acceptors (Lipinski definition) is 4. The monoisotopic (exact) mass is 298 g/mol. The summed E-state index contributed by atoms with van der Waals surface area (Å²) in [6.45, 7) is 2.65. The van der Waals surface area contributed by atoms with Gasteiger partial charge in [-0.25, -0.2) is 0 Å². The van der Waals surface area contributed by atoms with Crippen LogP contribution in [-0.4, -0.2) is 52.9 Å². The van der Waals surface area contributed by atoms with Gasteiger partial charge in [-0.1, -0.05) is 29.8 Å². The van der Waals surface area contributed by atoms with Crippen molar-refractivity contribution >= 4 is 17.5 Å². The van der Waals surface area contributed by atoms with Crippen molar-refractivity contribution in [3.8, 4) is 0 Å². The molecule has 20 heavy (non-hydrogen) atoms. The minimum atomic E-state index is -0.774. The molecule has 3 unspecified atom stereocenters. The van der Waals surface area contributed by atoms with E-state index in [0.29, 0.717) is 18.1 Å². The Morgan fingerprint density at radius 2 is 2.00 bits per heavy atom. The zero-order valence-corrected chi connectivity index (χ0v) is 12.0. The molecule has 0 saturated carbocycles. The van der Waals surface area contributed by atoms with Gasteiger partial charge in [0, 0.05) is 18.1 Å². The molecule has 0 aromatic heterocycles. The average Bonchev–Trinajstić information content (AvgIpc) is 2.68. The number of carbonyl (C=O) groups excluding carboxylic acids is 1. The summed E-state index contributed by atoms with van der Waals surface area (Å²) < 4.78 is 0. The van der Waals surface area contributed by atoms with Gasteiger partial charge in [0.2, 0.25) is 5.91 Å². The van der Waals surface area contributed by atoms with E-state index < -0.39 is 12.2 Å². The molecule has 1 aliphatic heterocycles. The number of carbonyl (C=O) groups is 1. The van der Waals surface area contributed by atoms with Crippen LogP contribution in [0.4, 0.5) is 0 Å². The maximum absolute atomic E-state index is 11.9. The second-order valence-corrected chi connectivity index (χ2v) is 5.55. The van der Waals surface area contributed by atoms with E-state index in [1.54, 1.807) is 11.0 Å². The van der Waals surface area contributed by atoms with Gasteiger partial charge in [0.05, 0.1) is 24.8 Å². The smallest absolute Gasteiger partial charge is 0.234 e. The molecule has 0 aliphatic carbocycles. The quantitative estimate of drug-likeness (QED) is 0.759. The second-order valence-electron chi connectivity index (χ2n) is 5.14. The Morgan fingerprint density at radius 3 is 2.60 bits per heavy atom. The summed E-state index contributed by atoms with van der Waals surface area (Å²) in [5, 5.41) is 22.4. The fourth-order valence-electron chi connectivity index (χ4n) is 2.37. The molecule has 1 aromatic rings. The Bertz CT molecular complexity index is 473. The fraction of sp³-hybridized carbons (Fsp3) is 0.500. The van der Waals surface area contributed by atoms with Crippen molar-refractivity contribution in [2.75, 3.05) is 19.6 Å². The lowest BCUT2D eigenvalue weighted by molar-refractivity contribution is -0.122. The van der Waals surface area contributed by atoms with Crippen molar-refractivity contribution in [2.24, 2.45) is 0 Å². The number of β-amino-alcohol motifs (C(OH)–C–C–N with tert-alkyl or cyclic N) is 2.